The Labute approximate surface area is 721 Å². The van der Waals surface area contributed by atoms with Crippen LogP contribution in [0.4, 0.5) is 26.3 Å². The fraction of sp³-hybridized carbons (Fsp3) is 0.271. The predicted octanol–water partition coefficient (Wildman–Crippen LogP) is 12.9. The molecule has 0 bridgehead atoms. The van der Waals surface area contributed by atoms with Gasteiger partial charge in [0.2, 0.25) is 11.5 Å². The summed E-state index contributed by atoms with van der Waals surface area (Å²) in [7, 11) is -13.9. The zero-order chi connectivity index (χ0) is 95.2. The molecule has 0 amide bonds. The smallest absolute Gasteiger partial charge is 0.507 e. The second-order valence-electron chi connectivity index (χ2n) is 25.6. The van der Waals surface area contributed by atoms with Crippen molar-refractivity contribution < 1.29 is 158 Å². The van der Waals surface area contributed by atoms with Crippen molar-refractivity contribution >= 4 is 116 Å². The van der Waals surface area contributed by atoms with Crippen LogP contribution in [0.2, 0.25) is 0 Å². The van der Waals surface area contributed by atoms with Gasteiger partial charge in [0, 0.05) is 43.2 Å². The molecule has 0 aliphatic heterocycles. The number of carboxylic acids is 1. The van der Waals surface area contributed by atoms with Gasteiger partial charge in [-0.15, -0.1) is 0 Å². The summed E-state index contributed by atoms with van der Waals surface area (Å²) in [6.45, 7) is 9.16. The Bertz CT molecular complexity index is 6540. The molecule has 12 rings (SSSR count). The van der Waals surface area contributed by atoms with Gasteiger partial charge in [-0.1, -0.05) is 93.4 Å². The number of halogens is 6. The molecule has 34 nitrogen and oxygen atoms in total. The summed E-state index contributed by atoms with van der Waals surface area (Å²) in [5, 5.41) is 19.2. The zero-order valence-corrected chi connectivity index (χ0v) is 70.7. The van der Waals surface area contributed by atoms with Crippen molar-refractivity contribution in [2.45, 2.75) is 114 Å². The van der Waals surface area contributed by atoms with Gasteiger partial charge in [0.15, 0.2) is 39.5 Å². The lowest BCUT2D eigenvalue weighted by molar-refractivity contribution is -0.193. The van der Waals surface area contributed by atoms with Crippen LogP contribution in [0, 0.1) is 13.8 Å². The molecule has 5 aromatic heterocycles. The van der Waals surface area contributed by atoms with Crippen molar-refractivity contribution in [1.29, 1.82) is 0 Å². The number of aromatic hydroxyl groups is 1. The summed E-state index contributed by atoms with van der Waals surface area (Å²) in [6.07, 6.45) is -2.71. The molecule has 7 aromatic carbocycles. The average molecular weight is 1850 g/mol. The Morgan fingerprint density at radius 3 is 1.16 bits per heavy atom. The predicted molar refractivity (Wildman–Crippen MR) is 437 cm³/mol. The molecule has 4 atom stereocenters. The molecular weight excluding hydrogens is 1770 g/mol. The first-order valence-corrected chi connectivity index (χ1v) is 41.6. The van der Waals surface area contributed by atoms with E-state index in [0.717, 1.165) is 23.3 Å². The summed E-state index contributed by atoms with van der Waals surface area (Å²) < 4.78 is 214. The van der Waals surface area contributed by atoms with Crippen LogP contribution in [0.1, 0.15) is 91.2 Å². The number of fused-ring (bicyclic) bond motifs is 5. The fourth-order valence-electron chi connectivity index (χ4n) is 10.4. The van der Waals surface area contributed by atoms with Gasteiger partial charge < -0.3 is 56.0 Å². The van der Waals surface area contributed by atoms with Gasteiger partial charge in [0.1, 0.15) is 134 Å². The number of aryl methyl sites for hydroxylation is 4. The van der Waals surface area contributed by atoms with Crippen molar-refractivity contribution in [2.24, 2.45) is 0 Å². The Morgan fingerprint density at radius 1 is 0.430 bits per heavy atom. The Morgan fingerprint density at radius 2 is 0.781 bits per heavy atom. The first-order chi connectivity index (χ1) is 60.6. The van der Waals surface area contributed by atoms with E-state index in [-0.39, 0.29) is 143 Å². The molecule has 12 aromatic rings. The normalized spacial score (nSPS) is 11.9. The average Bonchev–Trinajstić information content (AvgIpc) is 0.795. The molecular formula is C85H78F6O34S3. The lowest BCUT2D eigenvalue weighted by atomic mass is 10.2. The molecule has 0 spiro atoms. The van der Waals surface area contributed by atoms with E-state index in [1.807, 2.05) is 20.8 Å². The molecule has 43 heteroatoms. The van der Waals surface area contributed by atoms with Crippen LogP contribution >= 0.6 is 0 Å². The largest absolute Gasteiger partial charge is 0.523 e. The minimum absolute atomic E-state index is 0.00674. The molecule has 0 aliphatic rings. The number of aromatic carboxylic acids is 1. The van der Waals surface area contributed by atoms with Crippen molar-refractivity contribution in [3.05, 3.63) is 261 Å². The van der Waals surface area contributed by atoms with E-state index in [1.54, 1.807) is 81.4 Å². The van der Waals surface area contributed by atoms with Crippen molar-refractivity contribution in [1.82, 2.24) is 0 Å². The number of phenols is 1. The molecule has 682 valence electrons. The third-order valence-corrected chi connectivity index (χ3v) is 20.3. The third kappa shape index (κ3) is 31.0. The number of esters is 1. The van der Waals surface area contributed by atoms with Crippen LogP contribution in [0.15, 0.2) is 232 Å². The van der Waals surface area contributed by atoms with E-state index in [0.29, 0.717) is 41.1 Å². The number of benzene rings is 7. The van der Waals surface area contributed by atoms with E-state index in [4.69, 9.17) is 79.6 Å². The number of hydrogen-bond acceptors (Lipinski definition) is 33. The fourth-order valence-corrected chi connectivity index (χ4v) is 13.0. The van der Waals surface area contributed by atoms with Crippen molar-refractivity contribution in [3.63, 3.8) is 0 Å². The van der Waals surface area contributed by atoms with E-state index < -0.39 is 122 Å². The Balaban J connectivity index is 0.000000286. The van der Waals surface area contributed by atoms with Crippen LogP contribution in [-0.4, -0.2) is 142 Å². The highest BCUT2D eigenvalue weighted by atomic mass is 32.2. The zero-order valence-electron chi connectivity index (χ0n) is 68.3. The van der Waals surface area contributed by atoms with Crippen LogP contribution in [0.5, 0.6) is 28.7 Å². The highest BCUT2D eigenvalue weighted by Crippen LogP contribution is 2.31. The van der Waals surface area contributed by atoms with Gasteiger partial charge in [-0.2, -0.15) is 67.2 Å². The first kappa shape index (κ1) is 105. The summed E-state index contributed by atoms with van der Waals surface area (Å²) in [4.78, 5) is 132. The standard InChI is InChI=1S/C26H23FO8.C22H15FO8.C12H15F3O6S2.C11H15FO3S.C11H10O3.3CO2/c1-3-16-11-17(28)24-19(7-5-9-21(24)34-16)32-13-15(27)14-33-20-8-6-10-22-25(20)18(29)12-23(35-22)26(30)31-4-2;23-12(10-29-16-4-1-3-15-20(16)13(24)7-8-28-15)11-30-17-5-2-6-18-21(17)14(25)9-19(31-18)22(26)27;1-3-10(21-23(18,19)12(13,14)15)8-20-22(16,17)11-6-4-9(2)5-7-11;1-3-10(12)8-15-16(13,14)11-6-4-9(2)5-7-11;1-2-7-6-9(13)11-8(12)4-3-5-10(11)14-7;3*2-1-3/h5-12,15H,3-4,13-14H2,1-2H3;1-9,12H,10-11H2,(H,26,27);4-7,10H,3,8H2,1-2H3;4-7,10H,3,8H2,1-2H3;3-6,12H,2H2,1H3;;;/i27-1;23-1;;12-1;;;;. The quantitative estimate of drug-likeness (QED) is 0.0190. The van der Waals surface area contributed by atoms with Crippen LogP contribution in [0.25, 0.3) is 54.8 Å². The molecule has 128 heavy (non-hydrogen) atoms. The summed E-state index contributed by atoms with van der Waals surface area (Å²) in [5.74, 6) is -1.18. The maximum Gasteiger partial charge on any atom is 0.523 e. The molecule has 0 fully saturated rings. The number of hydrogen-bond donors (Lipinski definition) is 2. The van der Waals surface area contributed by atoms with E-state index in [2.05, 4.69) is 12.5 Å². The number of phenolic OH excluding ortho intramolecular Hbond substituents is 1. The minimum Gasteiger partial charge on any atom is -0.507 e. The summed E-state index contributed by atoms with van der Waals surface area (Å²) >= 11 is 0. The maximum atomic E-state index is 14.6. The molecule has 0 saturated heterocycles. The molecule has 5 heterocycles. The van der Waals surface area contributed by atoms with E-state index in [9.17, 15) is 90.3 Å². The van der Waals surface area contributed by atoms with Gasteiger partial charge in [-0.05, 0) is 119 Å². The lowest BCUT2D eigenvalue weighted by Gasteiger charge is -2.17. The topological polar surface area (TPSA) is 504 Å². The van der Waals surface area contributed by atoms with Crippen LogP contribution < -0.4 is 46.1 Å². The maximum absolute atomic E-state index is 14.6. The highest BCUT2D eigenvalue weighted by Gasteiger charge is 2.48. The Kier molecular flexibility index (Phi) is 41.0. The summed E-state index contributed by atoms with van der Waals surface area (Å²) in [5.41, 5.74) is -4.51. The first-order valence-electron chi connectivity index (χ1n) is 37.3. The van der Waals surface area contributed by atoms with E-state index >= 15 is 0 Å². The number of carbonyl (C=O) groups excluding carboxylic acids is 7. The molecule has 4 unspecified atom stereocenters. The second kappa shape index (κ2) is 50.2. The van der Waals surface area contributed by atoms with Gasteiger partial charge in [-0.3, -0.25) is 36.5 Å². The van der Waals surface area contributed by atoms with Crippen molar-refractivity contribution in [3.8, 4) is 28.7 Å². The second-order valence-corrected chi connectivity index (χ2v) is 30.4. The van der Waals surface area contributed by atoms with Crippen LogP contribution in [-0.2, 0) is 89.2 Å². The lowest BCUT2D eigenvalue weighted by Crippen LogP contribution is -2.32. The highest BCUT2D eigenvalue weighted by molar-refractivity contribution is 7.87. The third-order valence-electron chi connectivity index (χ3n) is 16.6. The minimum atomic E-state index is -5.82. The number of rotatable bonds is 29. The number of carbonyl (C=O) groups is 2. The number of ether oxygens (including phenoxy) is 5. The van der Waals surface area contributed by atoms with Gasteiger partial charge >= 0.3 is 46.0 Å². The van der Waals surface area contributed by atoms with Crippen LogP contribution in [0.3, 0.4) is 0 Å². The SMILES string of the molecule is CCC(COS(=O)(=O)c1ccc(C)cc1)OS(=O)(=O)C(F)(F)F.CCC([18F])COS(=O)(=O)c1ccc(C)cc1.CCOC(=O)c1cc(=O)c2c(OCC([18F])COc3cccc4oc(CC)cc(=O)c34)cccc2o1.CCc1cc(=O)c2c(O)cccc2o1.O=C(O)c1cc(=O)c2c(OCC([18F])COc3cccc4occc(=O)c34)cccc2o1.O=C=O.O=C=O.O=C=O. The molecule has 0 saturated carbocycles. The molecule has 2 N–H and O–H groups in total. The van der Waals surface area contributed by atoms with E-state index in [1.165, 1.54) is 110 Å². The molecule has 0 radical (unpaired) electrons. The van der Waals surface area contributed by atoms with Gasteiger partial charge in [0.25, 0.3) is 20.2 Å². The molecule has 0 aliphatic carbocycles. The number of alkyl halides is 6. The van der Waals surface area contributed by atoms with Gasteiger partial charge in [0.05, 0.1) is 35.9 Å². The monoisotopic (exact) mass is 1850 g/mol. The van der Waals surface area contributed by atoms with Gasteiger partial charge in [-0.25, -0.2) is 22.8 Å². The summed E-state index contributed by atoms with van der Waals surface area (Å²) in [6, 6.07) is 41.0. The Hall–Kier alpha value is -14.0. The number of carboxylic acid groups (broad SMARTS) is 1. The van der Waals surface area contributed by atoms with Crippen molar-refractivity contribution in [2.75, 3.05) is 46.2 Å².